The van der Waals surface area contributed by atoms with Gasteiger partial charge < -0.3 is 13.7 Å². The third-order valence-electron chi connectivity index (χ3n) is 4.94. The standard InChI is InChI=1S/C20H22N4O3/c1-14-5-3-6-16(13-14)19-22-21-18(27-19)15(2)23-8-10-24(11-9-23)20(25)17-7-4-12-26-17/h3-7,12-13,15H,8-11H2,1-2H3/t15-/m1/s1. The number of carbonyl (C=O) groups excluding carboxylic acids is 1. The SMILES string of the molecule is Cc1cccc(-c2nnc([C@@H](C)N3CCN(C(=O)c4ccco4)CC3)o2)c1. The fourth-order valence-electron chi connectivity index (χ4n) is 3.32. The van der Waals surface area contributed by atoms with Crippen molar-refractivity contribution in [3.8, 4) is 11.5 Å². The monoisotopic (exact) mass is 366 g/mol. The molecule has 27 heavy (non-hydrogen) atoms. The Morgan fingerprint density at radius 1 is 1.11 bits per heavy atom. The molecule has 3 heterocycles. The molecule has 1 saturated heterocycles. The fraction of sp³-hybridized carbons (Fsp3) is 0.350. The average Bonchev–Trinajstić information content (AvgIpc) is 3.39. The summed E-state index contributed by atoms with van der Waals surface area (Å²) in [5, 5.41) is 8.44. The number of hydrogen-bond acceptors (Lipinski definition) is 6. The molecule has 1 aliphatic heterocycles. The predicted molar refractivity (Wildman–Crippen MR) is 99.1 cm³/mol. The lowest BCUT2D eigenvalue weighted by molar-refractivity contribution is 0.0531. The zero-order chi connectivity index (χ0) is 18.8. The molecule has 1 fully saturated rings. The van der Waals surface area contributed by atoms with Crippen LogP contribution < -0.4 is 0 Å². The van der Waals surface area contributed by atoms with Gasteiger partial charge in [0.1, 0.15) is 0 Å². The summed E-state index contributed by atoms with van der Waals surface area (Å²) < 4.78 is 11.1. The number of piperazine rings is 1. The van der Waals surface area contributed by atoms with Crippen molar-refractivity contribution in [3.63, 3.8) is 0 Å². The summed E-state index contributed by atoms with van der Waals surface area (Å²) in [6, 6.07) is 11.4. The lowest BCUT2D eigenvalue weighted by atomic mass is 10.1. The first kappa shape index (κ1) is 17.5. The van der Waals surface area contributed by atoms with Crippen molar-refractivity contribution in [1.29, 1.82) is 0 Å². The van der Waals surface area contributed by atoms with Gasteiger partial charge in [0.15, 0.2) is 5.76 Å². The molecule has 0 saturated carbocycles. The van der Waals surface area contributed by atoms with Crippen LogP contribution in [0.25, 0.3) is 11.5 Å². The van der Waals surface area contributed by atoms with Gasteiger partial charge in [-0.2, -0.15) is 0 Å². The summed E-state index contributed by atoms with van der Waals surface area (Å²) in [5.41, 5.74) is 2.08. The van der Waals surface area contributed by atoms with Gasteiger partial charge in [0.25, 0.3) is 5.91 Å². The van der Waals surface area contributed by atoms with E-state index in [1.807, 2.05) is 36.1 Å². The summed E-state index contributed by atoms with van der Waals surface area (Å²) >= 11 is 0. The second-order valence-corrected chi connectivity index (χ2v) is 6.80. The Morgan fingerprint density at radius 3 is 2.63 bits per heavy atom. The summed E-state index contributed by atoms with van der Waals surface area (Å²) in [6.45, 7) is 6.86. The normalized spacial score (nSPS) is 16.4. The Kier molecular flexibility index (Phi) is 4.77. The quantitative estimate of drug-likeness (QED) is 0.706. The first-order valence-electron chi connectivity index (χ1n) is 9.09. The number of nitrogens with zero attached hydrogens (tertiary/aromatic N) is 4. The highest BCUT2D eigenvalue weighted by molar-refractivity contribution is 5.91. The number of amides is 1. The van der Waals surface area contributed by atoms with E-state index in [1.54, 1.807) is 12.1 Å². The molecule has 140 valence electrons. The number of rotatable bonds is 4. The van der Waals surface area contributed by atoms with Gasteiger partial charge in [-0.1, -0.05) is 17.7 Å². The van der Waals surface area contributed by atoms with E-state index in [9.17, 15) is 4.79 Å². The molecule has 7 nitrogen and oxygen atoms in total. The van der Waals surface area contributed by atoms with Crippen molar-refractivity contribution in [2.75, 3.05) is 26.2 Å². The zero-order valence-corrected chi connectivity index (χ0v) is 15.5. The van der Waals surface area contributed by atoms with E-state index in [0.717, 1.165) is 24.2 Å². The highest BCUT2D eigenvalue weighted by Crippen LogP contribution is 2.25. The number of aryl methyl sites for hydroxylation is 1. The van der Waals surface area contributed by atoms with Crippen molar-refractivity contribution in [1.82, 2.24) is 20.0 Å². The summed E-state index contributed by atoms with van der Waals surface area (Å²) in [7, 11) is 0. The van der Waals surface area contributed by atoms with Gasteiger partial charge in [-0.15, -0.1) is 10.2 Å². The van der Waals surface area contributed by atoms with Crippen molar-refractivity contribution in [2.45, 2.75) is 19.9 Å². The highest BCUT2D eigenvalue weighted by Gasteiger charge is 2.28. The van der Waals surface area contributed by atoms with Gasteiger partial charge in [-0.25, -0.2) is 0 Å². The van der Waals surface area contributed by atoms with Gasteiger partial charge in [0.2, 0.25) is 11.8 Å². The summed E-state index contributed by atoms with van der Waals surface area (Å²) in [5.74, 6) is 1.45. The molecule has 1 atom stereocenters. The lowest BCUT2D eigenvalue weighted by Crippen LogP contribution is -2.49. The molecule has 0 aliphatic carbocycles. The maximum absolute atomic E-state index is 12.4. The van der Waals surface area contributed by atoms with Crippen LogP contribution in [-0.4, -0.2) is 52.1 Å². The Balaban J connectivity index is 1.40. The van der Waals surface area contributed by atoms with Crippen molar-refractivity contribution in [3.05, 3.63) is 59.9 Å². The molecule has 3 aromatic rings. The molecule has 0 unspecified atom stereocenters. The Labute approximate surface area is 157 Å². The molecule has 2 aromatic heterocycles. The molecule has 1 amide bonds. The molecular weight excluding hydrogens is 344 g/mol. The first-order valence-corrected chi connectivity index (χ1v) is 9.09. The van der Waals surface area contributed by atoms with Gasteiger partial charge >= 0.3 is 0 Å². The van der Waals surface area contributed by atoms with Crippen LogP contribution in [0.15, 0.2) is 51.5 Å². The average molecular weight is 366 g/mol. The largest absolute Gasteiger partial charge is 0.459 e. The Morgan fingerprint density at radius 2 is 1.93 bits per heavy atom. The number of benzene rings is 1. The minimum absolute atomic E-state index is 0.00285. The smallest absolute Gasteiger partial charge is 0.289 e. The molecule has 7 heteroatoms. The highest BCUT2D eigenvalue weighted by atomic mass is 16.4. The molecule has 1 aliphatic rings. The zero-order valence-electron chi connectivity index (χ0n) is 15.5. The van der Waals surface area contributed by atoms with E-state index in [-0.39, 0.29) is 11.9 Å². The van der Waals surface area contributed by atoms with Crippen molar-refractivity contribution < 1.29 is 13.6 Å². The topological polar surface area (TPSA) is 75.6 Å². The first-order chi connectivity index (χ1) is 13.1. The van der Waals surface area contributed by atoms with Crippen LogP contribution in [0.4, 0.5) is 0 Å². The van der Waals surface area contributed by atoms with Crippen LogP contribution in [0, 0.1) is 6.92 Å². The summed E-state index contributed by atoms with van der Waals surface area (Å²) in [4.78, 5) is 16.4. The van der Waals surface area contributed by atoms with Crippen LogP contribution >= 0.6 is 0 Å². The maximum Gasteiger partial charge on any atom is 0.289 e. The van der Waals surface area contributed by atoms with E-state index in [1.165, 1.54) is 6.26 Å². The van der Waals surface area contributed by atoms with Crippen molar-refractivity contribution >= 4 is 5.91 Å². The molecule has 0 spiro atoms. The molecule has 1 aromatic carbocycles. The predicted octanol–water partition coefficient (Wildman–Crippen LogP) is 3.16. The van der Waals surface area contributed by atoms with E-state index in [0.29, 0.717) is 30.6 Å². The minimum Gasteiger partial charge on any atom is -0.459 e. The van der Waals surface area contributed by atoms with Crippen LogP contribution in [-0.2, 0) is 0 Å². The van der Waals surface area contributed by atoms with E-state index in [4.69, 9.17) is 8.83 Å². The Hall–Kier alpha value is -2.93. The van der Waals surface area contributed by atoms with E-state index < -0.39 is 0 Å². The number of hydrogen-bond donors (Lipinski definition) is 0. The number of carbonyl (C=O) groups is 1. The second-order valence-electron chi connectivity index (χ2n) is 6.80. The van der Waals surface area contributed by atoms with Crippen LogP contribution in [0.5, 0.6) is 0 Å². The summed E-state index contributed by atoms with van der Waals surface area (Å²) in [6.07, 6.45) is 1.52. The molecular formula is C20H22N4O3. The molecule has 0 N–H and O–H groups in total. The molecule has 4 rings (SSSR count). The number of furan rings is 1. The van der Waals surface area contributed by atoms with Gasteiger partial charge in [0, 0.05) is 31.7 Å². The second kappa shape index (κ2) is 7.36. The molecule has 0 bridgehead atoms. The van der Waals surface area contributed by atoms with E-state index in [2.05, 4.69) is 22.0 Å². The van der Waals surface area contributed by atoms with Gasteiger partial charge in [-0.05, 0) is 38.1 Å². The third kappa shape index (κ3) is 3.64. The number of aromatic nitrogens is 2. The van der Waals surface area contributed by atoms with Crippen LogP contribution in [0.1, 0.15) is 35.0 Å². The lowest BCUT2D eigenvalue weighted by Gasteiger charge is -2.36. The van der Waals surface area contributed by atoms with Crippen LogP contribution in [0.3, 0.4) is 0 Å². The third-order valence-corrected chi connectivity index (χ3v) is 4.94. The van der Waals surface area contributed by atoms with Crippen molar-refractivity contribution in [2.24, 2.45) is 0 Å². The maximum atomic E-state index is 12.4. The Bertz CT molecular complexity index is 911. The molecule has 0 radical (unpaired) electrons. The van der Waals surface area contributed by atoms with Crippen LogP contribution in [0.2, 0.25) is 0 Å². The fourth-order valence-corrected chi connectivity index (χ4v) is 3.32. The van der Waals surface area contributed by atoms with Gasteiger partial charge in [-0.3, -0.25) is 9.69 Å². The minimum atomic E-state index is -0.0631. The van der Waals surface area contributed by atoms with E-state index >= 15 is 0 Å². The van der Waals surface area contributed by atoms with Gasteiger partial charge in [0.05, 0.1) is 12.3 Å².